The molecule has 1 spiro atoms. The Morgan fingerprint density at radius 2 is 1.90 bits per heavy atom. The monoisotopic (exact) mass is 292 g/mol. The SMILES string of the molecule is COC1CC(N2C(=O)C3(CC3)NC2C2CCCC2)C1(C)C. The van der Waals surface area contributed by atoms with E-state index >= 15 is 0 Å². The van der Waals surface area contributed by atoms with Crippen LogP contribution >= 0.6 is 0 Å². The van der Waals surface area contributed by atoms with E-state index in [2.05, 4.69) is 24.1 Å². The Kier molecular flexibility index (Phi) is 2.97. The van der Waals surface area contributed by atoms with Crippen molar-refractivity contribution in [2.75, 3.05) is 7.11 Å². The van der Waals surface area contributed by atoms with Crippen LogP contribution in [0.3, 0.4) is 0 Å². The topological polar surface area (TPSA) is 41.6 Å². The van der Waals surface area contributed by atoms with Crippen molar-refractivity contribution in [2.45, 2.75) is 82.6 Å². The highest BCUT2D eigenvalue weighted by atomic mass is 16.5. The van der Waals surface area contributed by atoms with E-state index in [1.807, 2.05) is 0 Å². The number of nitrogens with zero attached hydrogens (tertiary/aromatic N) is 1. The molecule has 1 aliphatic heterocycles. The number of carbonyl (C=O) groups excluding carboxylic acids is 1. The van der Waals surface area contributed by atoms with Crippen LogP contribution in [0.1, 0.15) is 58.8 Å². The van der Waals surface area contributed by atoms with Gasteiger partial charge in [-0.2, -0.15) is 0 Å². The van der Waals surface area contributed by atoms with Crippen LogP contribution in [0.15, 0.2) is 0 Å². The molecule has 1 N–H and O–H groups in total. The largest absolute Gasteiger partial charge is 0.381 e. The number of hydrogen-bond donors (Lipinski definition) is 1. The summed E-state index contributed by atoms with van der Waals surface area (Å²) in [5, 5.41) is 3.74. The Balaban J connectivity index is 1.60. The first kappa shape index (κ1) is 14.0. The van der Waals surface area contributed by atoms with Gasteiger partial charge in [0.2, 0.25) is 5.91 Å². The highest BCUT2D eigenvalue weighted by molar-refractivity contribution is 5.92. The van der Waals surface area contributed by atoms with Gasteiger partial charge in [-0.15, -0.1) is 0 Å². The van der Waals surface area contributed by atoms with Gasteiger partial charge in [0, 0.05) is 18.6 Å². The van der Waals surface area contributed by atoms with Crippen LogP contribution in [0.25, 0.3) is 0 Å². The van der Waals surface area contributed by atoms with Crippen molar-refractivity contribution in [2.24, 2.45) is 11.3 Å². The van der Waals surface area contributed by atoms with Crippen molar-refractivity contribution in [1.29, 1.82) is 0 Å². The number of carbonyl (C=O) groups is 1. The highest BCUT2D eigenvalue weighted by Gasteiger charge is 2.65. The Morgan fingerprint density at radius 1 is 1.24 bits per heavy atom. The first-order valence-corrected chi connectivity index (χ1v) is 8.63. The molecule has 4 fully saturated rings. The average molecular weight is 292 g/mol. The van der Waals surface area contributed by atoms with E-state index in [0.717, 1.165) is 19.3 Å². The summed E-state index contributed by atoms with van der Waals surface area (Å²) in [7, 11) is 1.80. The lowest BCUT2D eigenvalue weighted by molar-refractivity contribution is -0.165. The summed E-state index contributed by atoms with van der Waals surface area (Å²) in [4.78, 5) is 15.2. The molecule has 4 nitrogen and oxygen atoms in total. The summed E-state index contributed by atoms with van der Waals surface area (Å²) in [5.41, 5.74) is -0.106. The highest BCUT2D eigenvalue weighted by Crippen LogP contribution is 2.53. The van der Waals surface area contributed by atoms with Crippen LogP contribution in [0, 0.1) is 11.3 Å². The fourth-order valence-corrected chi connectivity index (χ4v) is 4.96. The molecule has 4 aliphatic rings. The van der Waals surface area contributed by atoms with E-state index in [1.165, 1.54) is 25.7 Å². The van der Waals surface area contributed by atoms with Crippen molar-refractivity contribution in [1.82, 2.24) is 10.2 Å². The van der Waals surface area contributed by atoms with Crippen LogP contribution in [0.5, 0.6) is 0 Å². The summed E-state index contributed by atoms with van der Waals surface area (Å²) < 4.78 is 5.60. The van der Waals surface area contributed by atoms with Gasteiger partial charge in [-0.3, -0.25) is 10.1 Å². The fraction of sp³-hybridized carbons (Fsp3) is 0.941. The maximum atomic E-state index is 13.0. The predicted molar refractivity (Wildman–Crippen MR) is 80.7 cm³/mol. The Morgan fingerprint density at radius 3 is 2.43 bits per heavy atom. The third kappa shape index (κ3) is 1.84. The Hall–Kier alpha value is -0.610. The molecule has 0 aromatic heterocycles. The Labute approximate surface area is 127 Å². The van der Waals surface area contributed by atoms with Crippen molar-refractivity contribution in [3.05, 3.63) is 0 Å². The van der Waals surface area contributed by atoms with Crippen LogP contribution in [-0.2, 0) is 9.53 Å². The van der Waals surface area contributed by atoms with E-state index in [1.54, 1.807) is 7.11 Å². The van der Waals surface area contributed by atoms with E-state index in [-0.39, 0.29) is 23.2 Å². The minimum absolute atomic E-state index is 0.0728. The van der Waals surface area contributed by atoms with Gasteiger partial charge in [0.05, 0.1) is 17.8 Å². The second-order valence-electron chi connectivity index (χ2n) is 8.23. The van der Waals surface area contributed by atoms with Gasteiger partial charge in [-0.1, -0.05) is 26.7 Å². The van der Waals surface area contributed by atoms with E-state index in [0.29, 0.717) is 17.9 Å². The first-order chi connectivity index (χ1) is 9.99. The summed E-state index contributed by atoms with van der Waals surface area (Å²) in [5.74, 6) is 1.04. The normalized spacial score (nSPS) is 40.8. The standard InChI is InChI=1S/C17H28N2O2/c1-16(2)12(10-13(16)21-3)19-14(11-6-4-5-7-11)18-17(8-9-17)15(19)20/h11-14,18H,4-10H2,1-3H3. The molecule has 1 amide bonds. The van der Waals surface area contributed by atoms with Gasteiger partial charge in [-0.05, 0) is 38.0 Å². The van der Waals surface area contributed by atoms with E-state index in [9.17, 15) is 4.79 Å². The molecular weight excluding hydrogens is 264 g/mol. The molecule has 4 heteroatoms. The first-order valence-electron chi connectivity index (χ1n) is 8.63. The number of methoxy groups -OCH3 is 1. The van der Waals surface area contributed by atoms with Crippen molar-refractivity contribution in [3.8, 4) is 0 Å². The molecule has 0 bridgehead atoms. The number of rotatable bonds is 3. The van der Waals surface area contributed by atoms with Gasteiger partial charge in [-0.25, -0.2) is 0 Å². The zero-order valence-electron chi connectivity index (χ0n) is 13.5. The number of hydrogen-bond acceptors (Lipinski definition) is 3. The third-order valence-electron chi connectivity index (χ3n) is 6.71. The number of amides is 1. The summed E-state index contributed by atoms with van der Waals surface area (Å²) in [6, 6.07) is 0.341. The predicted octanol–water partition coefficient (Wildman–Crippen LogP) is 2.28. The van der Waals surface area contributed by atoms with Gasteiger partial charge >= 0.3 is 0 Å². The lowest BCUT2D eigenvalue weighted by Crippen LogP contribution is -2.65. The molecule has 1 saturated heterocycles. The fourth-order valence-electron chi connectivity index (χ4n) is 4.96. The van der Waals surface area contributed by atoms with Gasteiger partial charge < -0.3 is 9.64 Å². The van der Waals surface area contributed by atoms with Gasteiger partial charge in [0.15, 0.2) is 0 Å². The molecule has 0 aromatic rings. The van der Waals surface area contributed by atoms with Crippen LogP contribution in [0.4, 0.5) is 0 Å². The number of nitrogens with one attached hydrogen (secondary N) is 1. The minimum atomic E-state index is -0.179. The summed E-state index contributed by atoms with van der Waals surface area (Å²) >= 11 is 0. The summed E-state index contributed by atoms with van der Waals surface area (Å²) in [6.45, 7) is 4.51. The van der Waals surface area contributed by atoms with Crippen molar-refractivity contribution < 1.29 is 9.53 Å². The van der Waals surface area contributed by atoms with Crippen LogP contribution in [-0.4, -0.2) is 41.8 Å². The zero-order valence-corrected chi connectivity index (χ0v) is 13.5. The molecular formula is C17H28N2O2. The smallest absolute Gasteiger partial charge is 0.244 e. The molecule has 0 radical (unpaired) electrons. The zero-order chi connectivity index (χ0) is 14.8. The van der Waals surface area contributed by atoms with Gasteiger partial charge in [0.1, 0.15) is 0 Å². The molecule has 3 atom stereocenters. The second kappa shape index (κ2) is 4.45. The third-order valence-corrected chi connectivity index (χ3v) is 6.71. The lowest BCUT2D eigenvalue weighted by Gasteiger charge is -2.56. The van der Waals surface area contributed by atoms with Crippen molar-refractivity contribution in [3.63, 3.8) is 0 Å². The Bertz CT molecular complexity index is 452. The van der Waals surface area contributed by atoms with Crippen LogP contribution < -0.4 is 5.32 Å². The molecule has 3 unspecified atom stereocenters. The molecule has 4 rings (SSSR count). The minimum Gasteiger partial charge on any atom is -0.381 e. The maximum absolute atomic E-state index is 13.0. The quantitative estimate of drug-likeness (QED) is 0.867. The van der Waals surface area contributed by atoms with Crippen molar-refractivity contribution >= 4 is 5.91 Å². The van der Waals surface area contributed by atoms with Crippen LogP contribution in [0.2, 0.25) is 0 Å². The molecule has 0 aromatic carbocycles. The maximum Gasteiger partial charge on any atom is 0.244 e. The second-order valence-corrected chi connectivity index (χ2v) is 8.23. The van der Waals surface area contributed by atoms with Gasteiger partial charge in [0.25, 0.3) is 0 Å². The molecule has 1 heterocycles. The molecule has 3 aliphatic carbocycles. The van der Waals surface area contributed by atoms with E-state index < -0.39 is 0 Å². The average Bonchev–Trinajstić information content (AvgIpc) is 2.93. The molecule has 21 heavy (non-hydrogen) atoms. The summed E-state index contributed by atoms with van der Waals surface area (Å²) in [6.07, 6.45) is 8.84. The molecule has 118 valence electrons. The number of ether oxygens (including phenoxy) is 1. The lowest BCUT2D eigenvalue weighted by atomic mass is 9.63. The van der Waals surface area contributed by atoms with E-state index in [4.69, 9.17) is 4.74 Å². The molecule has 3 saturated carbocycles.